The van der Waals surface area contributed by atoms with E-state index in [0.29, 0.717) is 17.5 Å². The number of alkyl halides is 1. The van der Waals surface area contributed by atoms with E-state index >= 15 is 0 Å². The van der Waals surface area contributed by atoms with Crippen LogP contribution < -0.4 is 4.74 Å². The molecule has 0 amide bonds. The van der Waals surface area contributed by atoms with E-state index in [1.807, 2.05) is 18.2 Å². The zero-order valence-corrected chi connectivity index (χ0v) is 10.7. The van der Waals surface area contributed by atoms with Crippen LogP contribution in [0.1, 0.15) is 19.4 Å². The largest absolute Gasteiger partial charge is 0.491 e. The van der Waals surface area contributed by atoms with E-state index < -0.39 is 0 Å². The van der Waals surface area contributed by atoms with Crippen LogP contribution in [0.25, 0.3) is 0 Å². The van der Waals surface area contributed by atoms with Crippen molar-refractivity contribution in [3.63, 3.8) is 0 Å². The molecule has 0 spiro atoms. The lowest BCUT2D eigenvalue weighted by Crippen LogP contribution is -2.06. The summed E-state index contributed by atoms with van der Waals surface area (Å²) in [4.78, 5) is 0. The van der Waals surface area contributed by atoms with Gasteiger partial charge in [0.25, 0.3) is 0 Å². The minimum absolute atomic E-state index is 0.509. The van der Waals surface area contributed by atoms with Crippen LogP contribution in [0.15, 0.2) is 18.2 Å². The Hall–Kier alpha value is -0.210. The van der Waals surface area contributed by atoms with Gasteiger partial charge in [-0.25, -0.2) is 0 Å². The summed E-state index contributed by atoms with van der Waals surface area (Å²) in [6, 6.07) is 5.79. The van der Waals surface area contributed by atoms with Crippen LogP contribution >= 0.6 is 27.5 Å². The first-order chi connectivity index (χ1) is 6.65. The van der Waals surface area contributed by atoms with E-state index in [1.165, 1.54) is 0 Å². The molecule has 0 unspecified atom stereocenters. The standard InChI is InChI=1S/C11H14BrClO/c1-8(2)7-14-11-9(6-12)4-3-5-10(11)13/h3-5,8H,6-7H2,1-2H3. The number of hydrogen-bond acceptors (Lipinski definition) is 1. The average Bonchev–Trinajstić information content (AvgIpc) is 2.15. The molecule has 0 atom stereocenters. The summed E-state index contributed by atoms with van der Waals surface area (Å²) in [5.41, 5.74) is 1.10. The third-order valence-corrected chi connectivity index (χ3v) is 2.66. The first kappa shape index (κ1) is 11.9. The predicted octanol–water partition coefficient (Wildman–Crippen LogP) is 4.27. The highest BCUT2D eigenvalue weighted by molar-refractivity contribution is 9.08. The van der Waals surface area contributed by atoms with E-state index in [-0.39, 0.29) is 0 Å². The minimum atomic E-state index is 0.509. The molecule has 0 aliphatic carbocycles. The molecule has 0 bridgehead atoms. The summed E-state index contributed by atoms with van der Waals surface area (Å²) >= 11 is 9.46. The zero-order valence-electron chi connectivity index (χ0n) is 8.39. The summed E-state index contributed by atoms with van der Waals surface area (Å²) < 4.78 is 5.66. The Bertz CT molecular complexity index is 299. The summed E-state index contributed by atoms with van der Waals surface area (Å²) in [7, 11) is 0. The van der Waals surface area contributed by atoms with Crippen molar-refractivity contribution >= 4 is 27.5 Å². The van der Waals surface area contributed by atoms with Crippen LogP contribution in [0.2, 0.25) is 5.02 Å². The molecule has 0 saturated heterocycles. The van der Waals surface area contributed by atoms with E-state index in [4.69, 9.17) is 16.3 Å². The first-order valence-electron chi connectivity index (χ1n) is 4.61. The summed E-state index contributed by atoms with van der Waals surface area (Å²) in [6.07, 6.45) is 0. The highest BCUT2D eigenvalue weighted by Crippen LogP contribution is 2.30. The lowest BCUT2D eigenvalue weighted by molar-refractivity contribution is 0.269. The van der Waals surface area contributed by atoms with Crippen molar-refractivity contribution in [1.29, 1.82) is 0 Å². The second-order valence-corrected chi connectivity index (χ2v) is 4.53. The average molecular weight is 278 g/mol. The minimum Gasteiger partial charge on any atom is -0.491 e. The van der Waals surface area contributed by atoms with Crippen molar-refractivity contribution in [3.8, 4) is 5.75 Å². The maximum absolute atomic E-state index is 6.05. The molecule has 1 nitrogen and oxygen atoms in total. The molecule has 0 aliphatic rings. The number of hydrogen-bond donors (Lipinski definition) is 0. The molecule has 0 saturated carbocycles. The molecule has 0 aliphatic heterocycles. The van der Waals surface area contributed by atoms with Crippen LogP contribution in [-0.2, 0) is 5.33 Å². The summed E-state index contributed by atoms with van der Waals surface area (Å²) in [6.45, 7) is 4.93. The van der Waals surface area contributed by atoms with Crippen LogP contribution in [0.5, 0.6) is 5.75 Å². The third kappa shape index (κ3) is 3.18. The van der Waals surface area contributed by atoms with Gasteiger partial charge in [-0.1, -0.05) is 53.5 Å². The normalized spacial score (nSPS) is 10.6. The van der Waals surface area contributed by atoms with E-state index in [1.54, 1.807) is 0 Å². The second-order valence-electron chi connectivity index (χ2n) is 3.57. The molecule has 0 aromatic heterocycles. The van der Waals surface area contributed by atoms with Crippen molar-refractivity contribution in [1.82, 2.24) is 0 Å². The molecule has 78 valence electrons. The van der Waals surface area contributed by atoms with Gasteiger partial charge in [0.1, 0.15) is 5.75 Å². The SMILES string of the molecule is CC(C)COc1c(Cl)cccc1CBr. The fourth-order valence-electron chi connectivity index (χ4n) is 1.07. The van der Waals surface area contributed by atoms with Crippen molar-refractivity contribution in [2.75, 3.05) is 6.61 Å². The molecule has 1 aromatic carbocycles. The van der Waals surface area contributed by atoms with Gasteiger partial charge >= 0.3 is 0 Å². The van der Waals surface area contributed by atoms with Gasteiger partial charge in [0.15, 0.2) is 0 Å². The van der Waals surface area contributed by atoms with Crippen molar-refractivity contribution < 1.29 is 4.74 Å². The molecule has 0 fully saturated rings. The Morgan fingerprint density at radius 3 is 2.71 bits per heavy atom. The number of halogens is 2. The fraction of sp³-hybridized carbons (Fsp3) is 0.455. The molecule has 0 radical (unpaired) electrons. The molecule has 1 aromatic rings. The number of benzene rings is 1. The molecule has 0 N–H and O–H groups in total. The van der Waals surface area contributed by atoms with Crippen molar-refractivity contribution in [2.45, 2.75) is 19.2 Å². The molecular weight excluding hydrogens is 263 g/mol. The predicted molar refractivity (Wildman–Crippen MR) is 64.4 cm³/mol. The third-order valence-electron chi connectivity index (χ3n) is 1.75. The summed E-state index contributed by atoms with van der Waals surface area (Å²) in [5, 5.41) is 1.45. The Morgan fingerprint density at radius 2 is 2.14 bits per heavy atom. The Labute approximate surface area is 98.5 Å². The van der Waals surface area contributed by atoms with Crippen molar-refractivity contribution in [2.24, 2.45) is 5.92 Å². The lowest BCUT2D eigenvalue weighted by atomic mass is 10.2. The lowest BCUT2D eigenvalue weighted by Gasteiger charge is -2.13. The topological polar surface area (TPSA) is 9.23 Å². The fourth-order valence-corrected chi connectivity index (χ4v) is 1.76. The van der Waals surface area contributed by atoms with Crippen LogP contribution in [-0.4, -0.2) is 6.61 Å². The molecule has 14 heavy (non-hydrogen) atoms. The van der Waals surface area contributed by atoms with Crippen molar-refractivity contribution in [3.05, 3.63) is 28.8 Å². The summed E-state index contributed by atoms with van der Waals surface area (Å²) in [5.74, 6) is 1.31. The first-order valence-corrected chi connectivity index (χ1v) is 6.11. The van der Waals surface area contributed by atoms with Gasteiger partial charge < -0.3 is 4.74 Å². The van der Waals surface area contributed by atoms with E-state index in [2.05, 4.69) is 29.8 Å². The van der Waals surface area contributed by atoms with Gasteiger partial charge in [-0.15, -0.1) is 0 Å². The van der Waals surface area contributed by atoms with Crippen LogP contribution in [0.4, 0.5) is 0 Å². The highest BCUT2D eigenvalue weighted by Gasteiger charge is 2.07. The maximum Gasteiger partial charge on any atom is 0.141 e. The zero-order chi connectivity index (χ0) is 10.6. The van der Waals surface area contributed by atoms with Gasteiger partial charge in [-0.2, -0.15) is 0 Å². The molecule has 0 heterocycles. The quantitative estimate of drug-likeness (QED) is 0.747. The number of ether oxygens (including phenoxy) is 1. The van der Waals surface area contributed by atoms with Crippen LogP contribution in [0, 0.1) is 5.92 Å². The van der Waals surface area contributed by atoms with Gasteiger partial charge in [0.05, 0.1) is 11.6 Å². The second kappa shape index (κ2) is 5.62. The monoisotopic (exact) mass is 276 g/mol. The van der Waals surface area contributed by atoms with Gasteiger partial charge in [0.2, 0.25) is 0 Å². The molecular formula is C11H14BrClO. The van der Waals surface area contributed by atoms with E-state index in [9.17, 15) is 0 Å². The Morgan fingerprint density at radius 1 is 1.43 bits per heavy atom. The Balaban J connectivity index is 2.82. The number of para-hydroxylation sites is 1. The molecule has 3 heteroatoms. The number of rotatable bonds is 4. The van der Waals surface area contributed by atoms with E-state index in [0.717, 1.165) is 16.6 Å². The van der Waals surface area contributed by atoms with Gasteiger partial charge in [-0.05, 0) is 12.0 Å². The maximum atomic E-state index is 6.05. The van der Waals surface area contributed by atoms with Gasteiger partial charge in [-0.3, -0.25) is 0 Å². The molecule has 1 rings (SSSR count). The van der Waals surface area contributed by atoms with Crippen LogP contribution in [0.3, 0.4) is 0 Å². The smallest absolute Gasteiger partial charge is 0.141 e. The Kier molecular flexibility index (Phi) is 4.76. The highest BCUT2D eigenvalue weighted by atomic mass is 79.9. The van der Waals surface area contributed by atoms with Gasteiger partial charge in [0, 0.05) is 10.9 Å².